The van der Waals surface area contributed by atoms with Crippen molar-refractivity contribution in [3.8, 4) is 12.1 Å². The maximum absolute atomic E-state index is 8.59. The first-order valence-electron chi connectivity index (χ1n) is 4.43. The number of aromatic nitrogens is 2. The number of nitrogens with two attached hydrogens (primary N) is 1. The second kappa shape index (κ2) is 3.60. The van der Waals surface area contributed by atoms with Crippen LogP contribution in [0.15, 0.2) is 12.3 Å². The molecule has 0 saturated heterocycles. The minimum absolute atomic E-state index is 0.110. The summed E-state index contributed by atoms with van der Waals surface area (Å²) in [6, 6.07) is 3.97. The van der Waals surface area contributed by atoms with E-state index in [1.165, 1.54) is 6.20 Å². The van der Waals surface area contributed by atoms with Gasteiger partial charge in [0.05, 0.1) is 0 Å². The van der Waals surface area contributed by atoms with Crippen molar-refractivity contribution in [2.24, 2.45) is 5.73 Å². The van der Waals surface area contributed by atoms with Crippen LogP contribution in [0.25, 0.3) is 0 Å². The third-order valence-corrected chi connectivity index (χ3v) is 2.15. The van der Waals surface area contributed by atoms with Gasteiger partial charge in [0.2, 0.25) is 0 Å². The lowest BCUT2D eigenvalue weighted by Gasteiger charge is -2.31. The molecule has 0 bridgehead atoms. The molecule has 0 aromatic carbocycles. The molecule has 0 aliphatic heterocycles. The molecule has 2 N–H and O–H groups in total. The van der Waals surface area contributed by atoms with E-state index in [9.17, 15) is 0 Å². The molecule has 14 heavy (non-hydrogen) atoms. The van der Waals surface area contributed by atoms with E-state index in [0.717, 1.165) is 12.8 Å². The standard InChI is InChI=1S/C9H10N4O/c10-5-7-1-2-12-9(13-7)14-8-3-6(11)4-8/h1-2,6,8H,3-4,11H2. The summed E-state index contributed by atoms with van der Waals surface area (Å²) in [5, 5.41) is 8.59. The Morgan fingerprint density at radius 1 is 1.57 bits per heavy atom. The summed E-state index contributed by atoms with van der Waals surface area (Å²) in [7, 11) is 0. The molecule has 0 radical (unpaired) electrons. The SMILES string of the molecule is N#Cc1ccnc(OC2CC(N)C2)n1. The minimum atomic E-state index is 0.110. The van der Waals surface area contributed by atoms with Crippen molar-refractivity contribution < 1.29 is 4.74 Å². The highest BCUT2D eigenvalue weighted by Crippen LogP contribution is 2.22. The number of ether oxygens (including phenoxy) is 1. The van der Waals surface area contributed by atoms with Gasteiger partial charge < -0.3 is 10.5 Å². The van der Waals surface area contributed by atoms with Gasteiger partial charge in [0, 0.05) is 12.2 Å². The Labute approximate surface area is 81.5 Å². The highest BCUT2D eigenvalue weighted by molar-refractivity contribution is 5.19. The highest BCUT2D eigenvalue weighted by atomic mass is 16.5. The second-order valence-electron chi connectivity index (χ2n) is 3.31. The summed E-state index contributed by atoms with van der Waals surface area (Å²) >= 11 is 0. The highest BCUT2D eigenvalue weighted by Gasteiger charge is 2.28. The molecular formula is C9H10N4O. The summed E-state index contributed by atoms with van der Waals surface area (Å²) in [5.74, 6) is 0. The molecule has 1 aliphatic rings. The molecule has 2 rings (SSSR count). The number of hydrogen-bond donors (Lipinski definition) is 1. The Kier molecular flexibility index (Phi) is 2.29. The normalized spacial score (nSPS) is 24.9. The van der Waals surface area contributed by atoms with Crippen LogP contribution < -0.4 is 10.5 Å². The Balaban J connectivity index is 2.00. The van der Waals surface area contributed by atoms with Crippen LogP contribution in [0.1, 0.15) is 18.5 Å². The fourth-order valence-electron chi connectivity index (χ4n) is 1.31. The summed E-state index contributed by atoms with van der Waals surface area (Å²) in [5.41, 5.74) is 5.92. The van der Waals surface area contributed by atoms with Crippen molar-refractivity contribution in [1.82, 2.24) is 9.97 Å². The van der Waals surface area contributed by atoms with Crippen molar-refractivity contribution >= 4 is 0 Å². The Hall–Kier alpha value is -1.67. The zero-order valence-corrected chi connectivity index (χ0v) is 7.55. The Morgan fingerprint density at radius 3 is 3.00 bits per heavy atom. The zero-order chi connectivity index (χ0) is 9.97. The molecule has 1 aromatic rings. The van der Waals surface area contributed by atoms with Gasteiger partial charge in [-0.05, 0) is 18.9 Å². The maximum Gasteiger partial charge on any atom is 0.317 e. The van der Waals surface area contributed by atoms with Crippen molar-refractivity contribution in [1.29, 1.82) is 5.26 Å². The van der Waals surface area contributed by atoms with Gasteiger partial charge in [-0.15, -0.1) is 0 Å². The van der Waals surface area contributed by atoms with Gasteiger partial charge in [0.1, 0.15) is 17.9 Å². The first-order valence-corrected chi connectivity index (χ1v) is 4.43. The molecule has 1 saturated carbocycles. The molecule has 5 heteroatoms. The van der Waals surface area contributed by atoms with Crippen LogP contribution in [0.4, 0.5) is 0 Å². The predicted molar refractivity (Wildman–Crippen MR) is 48.4 cm³/mol. The maximum atomic E-state index is 8.59. The molecule has 72 valence electrons. The average molecular weight is 190 g/mol. The van der Waals surface area contributed by atoms with E-state index in [0.29, 0.717) is 5.69 Å². The van der Waals surface area contributed by atoms with E-state index >= 15 is 0 Å². The lowest BCUT2D eigenvalue weighted by Crippen LogP contribution is -2.43. The van der Waals surface area contributed by atoms with Crippen molar-refractivity contribution in [3.05, 3.63) is 18.0 Å². The summed E-state index contributed by atoms with van der Waals surface area (Å²) in [6.45, 7) is 0. The van der Waals surface area contributed by atoms with E-state index < -0.39 is 0 Å². The van der Waals surface area contributed by atoms with Gasteiger partial charge in [-0.25, -0.2) is 4.98 Å². The molecule has 1 aliphatic carbocycles. The van der Waals surface area contributed by atoms with Gasteiger partial charge in [-0.1, -0.05) is 0 Å². The van der Waals surface area contributed by atoms with Crippen LogP contribution in [-0.4, -0.2) is 22.1 Å². The summed E-state index contributed by atoms with van der Waals surface area (Å²) in [6.07, 6.45) is 3.29. The van der Waals surface area contributed by atoms with Gasteiger partial charge in [-0.2, -0.15) is 10.2 Å². The molecular weight excluding hydrogens is 180 g/mol. The summed E-state index contributed by atoms with van der Waals surface area (Å²) < 4.78 is 5.41. The van der Waals surface area contributed by atoms with E-state index in [2.05, 4.69) is 9.97 Å². The molecule has 1 aromatic heterocycles. The van der Waals surface area contributed by atoms with Crippen LogP contribution >= 0.6 is 0 Å². The van der Waals surface area contributed by atoms with Crippen LogP contribution in [0.3, 0.4) is 0 Å². The van der Waals surface area contributed by atoms with E-state index in [-0.39, 0.29) is 18.2 Å². The van der Waals surface area contributed by atoms with Gasteiger partial charge in [-0.3, -0.25) is 0 Å². The Morgan fingerprint density at radius 2 is 2.36 bits per heavy atom. The van der Waals surface area contributed by atoms with Crippen molar-refractivity contribution in [3.63, 3.8) is 0 Å². The van der Waals surface area contributed by atoms with E-state index in [4.69, 9.17) is 15.7 Å². The van der Waals surface area contributed by atoms with Crippen molar-refractivity contribution in [2.45, 2.75) is 25.0 Å². The fourth-order valence-corrected chi connectivity index (χ4v) is 1.31. The van der Waals surface area contributed by atoms with Gasteiger partial charge in [0.15, 0.2) is 0 Å². The van der Waals surface area contributed by atoms with Gasteiger partial charge in [0.25, 0.3) is 0 Å². The molecule has 0 unspecified atom stereocenters. The third kappa shape index (κ3) is 1.80. The largest absolute Gasteiger partial charge is 0.460 e. The minimum Gasteiger partial charge on any atom is -0.460 e. The predicted octanol–water partition coefficient (Wildman–Crippen LogP) is 0.217. The first-order chi connectivity index (χ1) is 6.78. The molecule has 0 spiro atoms. The molecule has 1 heterocycles. The third-order valence-electron chi connectivity index (χ3n) is 2.15. The van der Waals surface area contributed by atoms with Crippen LogP contribution in [0, 0.1) is 11.3 Å². The lowest BCUT2D eigenvalue weighted by molar-refractivity contribution is 0.0903. The average Bonchev–Trinajstić information content (AvgIpc) is 2.16. The first kappa shape index (κ1) is 8.91. The Bertz CT molecular complexity index is 367. The molecule has 0 amide bonds. The van der Waals surface area contributed by atoms with Crippen LogP contribution in [0.5, 0.6) is 6.01 Å². The molecule has 5 nitrogen and oxygen atoms in total. The lowest BCUT2D eigenvalue weighted by atomic mass is 9.90. The van der Waals surface area contributed by atoms with E-state index in [1.807, 2.05) is 6.07 Å². The molecule has 1 fully saturated rings. The summed E-state index contributed by atoms with van der Waals surface area (Å²) in [4.78, 5) is 7.81. The smallest absolute Gasteiger partial charge is 0.317 e. The molecule has 0 atom stereocenters. The number of rotatable bonds is 2. The second-order valence-corrected chi connectivity index (χ2v) is 3.31. The monoisotopic (exact) mass is 190 g/mol. The number of hydrogen-bond acceptors (Lipinski definition) is 5. The topological polar surface area (TPSA) is 84.8 Å². The van der Waals surface area contributed by atoms with Crippen molar-refractivity contribution in [2.75, 3.05) is 0 Å². The number of nitrogens with zero attached hydrogens (tertiary/aromatic N) is 3. The number of nitriles is 1. The fraction of sp³-hybridized carbons (Fsp3) is 0.444. The van der Waals surface area contributed by atoms with Gasteiger partial charge >= 0.3 is 6.01 Å². The quantitative estimate of drug-likeness (QED) is 0.720. The van der Waals surface area contributed by atoms with Crippen LogP contribution in [-0.2, 0) is 0 Å². The zero-order valence-electron chi connectivity index (χ0n) is 7.55. The van der Waals surface area contributed by atoms with E-state index in [1.54, 1.807) is 6.07 Å². The van der Waals surface area contributed by atoms with Crippen LogP contribution in [0.2, 0.25) is 0 Å².